The zero-order chi connectivity index (χ0) is 11.8. The third-order valence-corrected chi connectivity index (χ3v) is 3.59. The zero-order valence-electron chi connectivity index (χ0n) is 9.17. The highest BCUT2D eigenvalue weighted by Gasteiger charge is 2.28. The molecule has 0 unspecified atom stereocenters. The molecule has 17 heavy (non-hydrogen) atoms. The van der Waals surface area contributed by atoms with Gasteiger partial charge in [-0.05, 0) is 30.4 Å². The predicted octanol–water partition coefficient (Wildman–Crippen LogP) is 2.57. The Kier molecular flexibility index (Phi) is 2.48. The van der Waals surface area contributed by atoms with Crippen molar-refractivity contribution in [2.75, 3.05) is 0 Å². The lowest BCUT2D eigenvalue weighted by Gasteiger charge is -2.01. The molecule has 0 aromatic carbocycles. The Balaban J connectivity index is 1.98. The minimum Gasteiger partial charge on any atom is -0.480 e. The Morgan fingerprint density at radius 3 is 3.00 bits per heavy atom. The lowest BCUT2D eigenvalue weighted by molar-refractivity contribution is -0.137. The predicted molar refractivity (Wildman–Crippen MR) is 65.2 cm³/mol. The van der Waals surface area contributed by atoms with Gasteiger partial charge in [-0.1, -0.05) is 0 Å². The van der Waals surface area contributed by atoms with Crippen LogP contribution in [0.4, 0.5) is 0 Å². The second-order valence-electron chi connectivity index (χ2n) is 4.29. The summed E-state index contributed by atoms with van der Waals surface area (Å²) in [5.41, 5.74) is 3.02. The van der Waals surface area contributed by atoms with Crippen LogP contribution in [0.25, 0.3) is 11.3 Å². The van der Waals surface area contributed by atoms with E-state index in [1.165, 1.54) is 0 Å². The van der Waals surface area contributed by atoms with Crippen LogP contribution in [-0.4, -0.2) is 20.9 Å². The maximum Gasteiger partial charge on any atom is 0.325 e. The van der Waals surface area contributed by atoms with Crippen molar-refractivity contribution in [3.05, 3.63) is 28.6 Å². The summed E-state index contributed by atoms with van der Waals surface area (Å²) in [5, 5.41) is 17.3. The van der Waals surface area contributed by atoms with E-state index < -0.39 is 5.97 Å². The number of aliphatic carboxylic acids is 1. The lowest BCUT2D eigenvalue weighted by atomic mass is 10.2. The van der Waals surface area contributed by atoms with Crippen LogP contribution in [0.2, 0.25) is 0 Å². The molecule has 0 atom stereocenters. The SMILES string of the molecule is O=C(O)Cn1nc(-c2ccsc2)cc1C1CC1. The fourth-order valence-corrected chi connectivity index (χ4v) is 2.59. The van der Waals surface area contributed by atoms with Gasteiger partial charge in [0, 0.05) is 22.6 Å². The normalized spacial score (nSPS) is 15.1. The van der Waals surface area contributed by atoms with Crippen molar-refractivity contribution in [1.29, 1.82) is 0 Å². The van der Waals surface area contributed by atoms with Gasteiger partial charge >= 0.3 is 5.97 Å². The van der Waals surface area contributed by atoms with Gasteiger partial charge in [-0.25, -0.2) is 0 Å². The van der Waals surface area contributed by atoms with Crippen LogP contribution in [0.1, 0.15) is 24.5 Å². The highest BCUT2D eigenvalue weighted by Crippen LogP contribution is 2.41. The van der Waals surface area contributed by atoms with Crippen LogP contribution in [0, 0.1) is 0 Å². The summed E-state index contributed by atoms with van der Waals surface area (Å²) in [6.45, 7) is -0.0457. The molecule has 2 aromatic rings. The summed E-state index contributed by atoms with van der Waals surface area (Å²) in [4.78, 5) is 10.8. The molecule has 4 nitrogen and oxygen atoms in total. The van der Waals surface area contributed by atoms with Gasteiger partial charge in [0.25, 0.3) is 0 Å². The standard InChI is InChI=1S/C12H12N2O2S/c15-12(16)6-14-11(8-1-2-8)5-10(13-14)9-3-4-17-7-9/h3-5,7-8H,1-2,6H2,(H,15,16). The molecular weight excluding hydrogens is 236 g/mol. The first kappa shape index (κ1) is 10.5. The number of carbonyl (C=O) groups is 1. The fourth-order valence-electron chi connectivity index (χ4n) is 1.94. The van der Waals surface area contributed by atoms with E-state index in [0.717, 1.165) is 29.8 Å². The minimum absolute atomic E-state index is 0.0457. The molecular formula is C12H12N2O2S. The Bertz CT molecular complexity index is 541. The van der Waals surface area contributed by atoms with E-state index in [1.807, 2.05) is 22.9 Å². The zero-order valence-corrected chi connectivity index (χ0v) is 9.98. The maximum absolute atomic E-state index is 10.8. The molecule has 1 fully saturated rings. The molecule has 5 heteroatoms. The summed E-state index contributed by atoms with van der Waals surface area (Å²) < 4.78 is 1.63. The Morgan fingerprint density at radius 1 is 1.59 bits per heavy atom. The molecule has 3 rings (SSSR count). The number of hydrogen-bond acceptors (Lipinski definition) is 3. The molecule has 0 bridgehead atoms. The third kappa shape index (κ3) is 2.10. The lowest BCUT2D eigenvalue weighted by Crippen LogP contribution is -2.12. The molecule has 0 spiro atoms. The third-order valence-electron chi connectivity index (χ3n) is 2.91. The maximum atomic E-state index is 10.8. The van der Waals surface area contributed by atoms with Crippen molar-refractivity contribution < 1.29 is 9.90 Å². The largest absolute Gasteiger partial charge is 0.480 e. The summed E-state index contributed by atoms with van der Waals surface area (Å²) in [6.07, 6.45) is 2.29. The molecule has 1 saturated carbocycles. The minimum atomic E-state index is -0.841. The highest BCUT2D eigenvalue weighted by atomic mass is 32.1. The second kappa shape index (κ2) is 4.00. The van der Waals surface area contributed by atoms with Crippen LogP contribution >= 0.6 is 11.3 Å². The van der Waals surface area contributed by atoms with Crippen LogP contribution < -0.4 is 0 Å². The number of hydrogen-bond donors (Lipinski definition) is 1. The van der Waals surface area contributed by atoms with E-state index in [0.29, 0.717) is 5.92 Å². The number of nitrogens with zero attached hydrogens (tertiary/aromatic N) is 2. The fraction of sp³-hybridized carbons (Fsp3) is 0.333. The van der Waals surface area contributed by atoms with Crippen LogP contribution in [0.5, 0.6) is 0 Å². The van der Waals surface area contributed by atoms with E-state index in [9.17, 15) is 4.79 Å². The van der Waals surface area contributed by atoms with Crippen molar-refractivity contribution in [2.45, 2.75) is 25.3 Å². The van der Waals surface area contributed by atoms with E-state index in [2.05, 4.69) is 5.10 Å². The molecule has 1 aliphatic rings. The van der Waals surface area contributed by atoms with Gasteiger partial charge in [-0.2, -0.15) is 16.4 Å². The van der Waals surface area contributed by atoms with E-state index in [1.54, 1.807) is 16.0 Å². The van der Waals surface area contributed by atoms with Gasteiger partial charge in [0.15, 0.2) is 0 Å². The monoisotopic (exact) mass is 248 g/mol. The number of rotatable bonds is 4. The quantitative estimate of drug-likeness (QED) is 0.904. The van der Waals surface area contributed by atoms with Gasteiger partial charge in [0.2, 0.25) is 0 Å². The first-order valence-electron chi connectivity index (χ1n) is 5.56. The number of aromatic nitrogens is 2. The summed E-state index contributed by atoms with van der Waals surface area (Å²) in [5.74, 6) is -0.332. The van der Waals surface area contributed by atoms with Crippen molar-refractivity contribution in [3.63, 3.8) is 0 Å². The topological polar surface area (TPSA) is 55.1 Å². The van der Waals surface area contributed by atoms with Gasteiger partial charge in [-0.15, -0.1) is 0 Å². The first-order chi connectivity index (χ1) is 8.24. The molecule has 0 amide bonds. The molecule has 1 aliphatic carbocycles. The van der Waals surface area contributed by atoms with Crippen LogP contribution in [0.15, 0.2) is 22.9 Å². The highest BCUT2D eigenvalue weighted by molar-refractivity contribution is 7.08. The summed E-state index contributed by atoms with van der Waals surface area (Å²) in [7, 11) is 0. The second-order valence-corrected chi connectivity index (χ2v) is 5.07. The van der Waals surface area contributed by atoms with Gasteiger partial charge in [0.05, 0.1) is 5.69 Å². The van der Waals surface area contributed by atoms with Gasteiger partial charge < -0.3 is 5.11 Å². The Labute approximate surface area is 103 Å². The molecule has 2 heterocycles. The molecule has 0 saturated heterocycles. The Morgan fingerprint density at radius 2 is 2.41 bits per heavy atom. The number of thiophene rings is 1. The molecule has 0 radical (unpaired) electrons. The van der Waals surface area contributed by atoms with Crippen molar-refractivity contribution >= 4 is 17.3 Å². The number of carboxylic acids is 1. The van der Waals surface area contributed by atoms with Gasteiger partial charge in [0.1, 0.15) is 6.54 Å². The van der Waals surface area contributed by atoms with Crippen LogP contribution in [-0.2, 0) is 11.3 Å². The molecule has 2 aromatic heterocycles. The van der Waals surface area contributed by atoms with Crippen molar-refractivity contribution in [3.8, 4) is 11.3 Å². The van der Waals surface area contributed by atoms with Crippen molar-refractivity contribution in [1.82, 2.24) is 9.78 Å². The van der Waals surface area contributed by atoms with E-state index in [-0.39, 0.29) is 6.54 Å². The van der Waals surface area contributed by atoms with Crippen molar-refractivity contribution in [2.24, 2.45) is 0 Å². The van der Waals surface area contributed by atoms with E-state index >= 15 is 0 Å². The van der Waals surface area contributed by atoms with E-state index in [4.69, 9.17) is 5.11 Å². The summed E-state index contributed by atoms with van der Waals surface area (Å²) in [6, 6.07) is 4.04. The number of carboxylic acid groups (broad SMARTS) is 1. The van der Waals surface area contributed by atoms with Crippen LogP contribution in [0.3, 0.4) is 0 Å². The first-order valence-corrected chi connectivity index (χ1v) is 6.50. The Hall–Kier alpha value is -1.62. The molecule has 0 aliphatic heterocycles. The molecule has 1 N–H and O–H groups in total. The average molecular weight is 248 g/mol. The molecule has 88 valence electrons. The smallest absolute Gasteiger partial charge is 0.325 e. The average Bonchev–Trinajstić information content (AvgIpc) is 2.83. The van der Waals surface area contributed by atoms with Gasteiger partial charge in [-0.3, -0.25) is 9.48 Å². The summed E-state index contributed by atoms with van der Waals surface area (Å²) >= 11 is 1.62.